The van der Waals surface area contributed by atoms with Crippen LogP contribution in [0.1, 0.15) is 39.2 Å². The Morgan fingerprint density at radius 3 is 2.44 bits per heavy atom. The summed E-state index contributed by atoms with van der Waals surface area (Å²) in [6, 6.07) is 7.97. The van der Waals surface area contributed by atoms with Gasteiger partial charge in [-0.3, -0.25) is 4.79 Å². The summed E-state index contributed by atoms with van der Waals surface area (Å²) in [4.78, 5) is 11.2. The molecule has 2 rings (SSSR count). The van der Waals surface area contributed by atoms with Gasteiger partial charge in [0.25, 0.3) is 0 Å². The summed E-state index contributed by atoms with van der Waals surface area (Å²) in [6.45, 7) is 8.09. The molecule has 0 bridgehead atoms. The summed E-state index contributed by atoms with van der Waals surface area (Å²) in [5.74, 6) is -1.27. The van der Waals surface area contributed by atoms with E-state index in [1.165, 1.54) is 0 Å². The van der Waals surface area contributed by atoms with E-state index in [1.807, 2.05) is 30.5 Å². The number of aromatic nitrogens is 1. The minimum absolute atomic E-state index is 0.0594. The molecule has 0 saturated carbocycles. The van der Waals surface area contributed by atoms with Gasteiger partial charge in [0.2, 0.25) is 0 Å². The van der Waals surface area contributed by atoms with Crippen molar-refractivity contribution < 1.29 is 9.90 Å². The van der Waals surface area contributed by atoms with Gasteiger partial charge < -0.3 is 9.67 Å². The van der Waals surface area contributed by atoms with Gasteiger partial charge in [-0.15, -0.1) is 0 Å². The molecule has 2 aromatic rings. The molecule has 1 N–H and O–H groups in total. The molecule has 1 aromatic carbocycles. The molecular weight excluding hydrogens is 226 g/mol. The number of para-hydroxylation sites is 1. The smallest absolute Gasteiger partial charge is 0.310 e. The fraction of sp³-hybridized carbons (Fsp3) is 0.400. The molecule has 0 fully saturated rings. The highest BCUT2D eigenvalue weighted by Gasteiger charge is 2.23. The van der Waals surface area contributed by atoms with E-state index in [0.717, 1.165) is 16.5 Å². The molecule has 1 atom stereocenters. The molecule has 18 heavy (non-hydrogen) atoms. The van der Waals surface area contributed by atoms with Crippen LogP contribution in [-0.2, 0) is 10.3 Å². The Kier molecular flexibility index (Phi) is 2.93. The van der Waals surface area contributed by atoms with Crippen molar-refractivity contribution in [1.82, 2.24) is 4.57 Å². The van der Waals surface area contributed by atoms with E-state index in [1.54, 1.807) is 6.92 Å². The fourth-order valence-electron chi connectivity index (χ4n) is 2.24. The third kappa shape index (κ3) is 2.01. The lowest BCUT2D eigenvalue weighted by molar-refractivity contribution is -0.138. The lowest BCUT2D eigenvalue weighted by atomic mass is 10.0. The van der Waals surface area contributed by atoms with Gasteiger partial charge in [0.1, 0.15) is 0 Å². The van der Waals surface area contributed by atoms with Crippen molar-refractivity contribution in [3.8, 4) is 0 Å². The SMILES string of the molecule is CC(C(=O)O)c1cn(C(C)(C)C)c2ccccc12. The number of hydrogen-bond donors (Lipinski definition) is 1. The molecule has 0 spiro atoms. The highest BCUT2D eigenvalue weighted by molar-refractivity contribution is 5.89. The molecule has 0 aliphatic rings. The normalized spacial score (nSPS) is 13.8. The number of rotatable bonds is 2. The van der Waals surface area contributed by atoms with Gasteiger partial charge in [0.05, 0.1) is 5.92 Å². The van der Waals surface area contributed by atoms with Crippen LogP contribution in [0, 0.1) is 0 Å². The summed E-state index contributed by atoms with van der Waals surface area (Å²) < 4.78 is 2.15. The summed E-state index contributed by atoms with van der Waals surface area (Å²) >= 11 is 0. The fourth-order valence-corrected chi connectivity index (χ4v) is 2.24. The number of carboxylic acid groups (broad SMARTS) is 1. The van der Waals surface area contributed by atoms with Crippen LogP contribution in [0.25, 0.3) is 10.9 Å². The minimum Gasteiger partial charge on any atom is -0.481 e. The first-order chi connectivity index (χ1) is 8.32. The molecule has 3 nitrogen and oxygen atoms in total. The average molecular weight is 245 g/mol. The van der Waals surface area contributed by atoms with Gasteiger partial charge >= 0.3 is 5.97 Å². The first-order valence-corrected chi connectivity index (χ1v) is 6.15. The molecule has 96 valence electrons. The number of carbonyl (C=O) groups is 1. The maximum absolute atomic E-state index is 11.2. The van der Waals surface area contributed by atoms with Crippen molar-refractivity contribution >= 4 is 16.9 Å². The van der Waals surface area contributed by atoms with Crippen molar-refractivity contribution in [3.63, 3.8) is 0 Å². The average Bonchev–Trinajstić information content (AvgIpc) is 2.66. The monoisotopic (exact) mass is 245 g/mol. The summed E-state index contributed by atoms with van der Waals surface area (Å²) in [6.07, 6.45) is 1.98. The van der Waals surface area contributed by atoms with E-state index in [2.05, 4.69) is 25.3 Å². The maximum atomic E-state index is 11.2. The quantitative estimate of drug-likeness (QED) is 0.878. The van der Waals surface area contributed by atoms with E-state index < -0.39 is 11.9 Å². The van der Waals surface area contributed by atoms with E-state index in [-0.39, 0.29) is 5.54 Å². The van der Waals surface area contributed by atoms with Gasteiger partial charge in [-0.25, -0.2) is 0 Å². The molecular formula is C15H19NO2. The summed E-state index contributed by atoms with van der Waals surface area (Å²) in [5.41, 5.74) is 1.91. The predicted octanol–water partition coefficient (Wildman–Crippen LogP) is 3.58. The molecule has 0 aliphatic heterocycles. The molecule has 1 heterocycles. The first-order valence-electron chi connectivity index (χ1n) is 6.15. The van der Waals surface area contributed by atoms with Crippen LogP contribution in [0.4, 0.5) is 0 Å². The van der Waals surface area contributed by atoms with Gasteiger partial charge in [-0.1, -0.05) is 18.2 Å². The molecule has 0 radical (unpaired) electrons. The van der Waals surface area contributed by atoms with Crippen LogP contribution in [0.15, 0.2) is 30.5 Å². The Bertz CT molecular complexity index is 590. The van der Waals surface area contributed by atoms with Crippen LogP contribution in [0.2, 0.25) is 0 Å². The van der Waals surface area contributed by atoms with Crippen molar-refractivity contribution in [1.29, 1.82) is 0 Å². The molecule has 1 unspecified atom stereocenters. The van der Waals surface area contributed by atoms with Crippen molar-refractivity contribution in [2.24, 2.45) is 0 Å². The molecule has 0 aliphatic carbocycles. The molecule has 0 amide bonds. The Labute approximate surface area is 107 Å². The Balaban J connectivity index is 2.73. The number of fused-ring (bicyclic) bond motifs is 1. The minimum atomic E-state index is -0.785. The van der Waals surface area contributed by atoms with Gasteiger partial charge in [-0.05, 0) is 39.3 Å². The van der Waals surface area contributed by atoms with Crippen molar-refractivity contribution in [3.05, 3.63) is 36.0 Å². The predicted molar refractivity (Wildman–Crippen MR) is 73.0 cm³/mol. The van der Waals surface area contributed by atoms with Gasteiger partial charge in [0, 0.05) is 22.6 Å². The van der Waals surface area contributed by atoms with E-state index in [9.17, 15) is 9.90 Å². The summed E-state index contributed by atoms with van der Waals surface area (Å²) in [7, 11) is 0. The zero-order valence-electron chi connectivity index (χ0n) is 11.3. The topological polar surface area (TPSA) is 42.2 Å². The van der Waals surface area contributed by atoms with E-state index in [0.29, 0.717) is 0 Å². The highest BCUT2D eigenvalue weighted by atomic mass is 16.4. The van der Waals surface area contributed by atoms with Crippen molar-refractivity contribution in [2.45, 2.75) is 39.2 Å². The zero-order chi connectivity index (χ0) is 13.5. The van der Waals surface area contributed by atoms with Crippen LogP contribution >= 0.6 is 0 Å². The highest BCUT2D eigenvalue weighted by Crippen LogP contribution is 2.31. The third-order valence-corrected chi connectivity index (χ3v) is 3.30. The maximum Gasteiger partial charge on any atom is 0.310 e. The Hall–Kier alpha value is -1.77. The Morgan fingerprint density at radius 2 is 1.89 bits per heavy atom. The molecule has 0 saturated heterocycles. The van der Waals surface area contributed by atoms with Crippen LogP contribution in [0.5, 0.6) is 0 Å². The second-order valence-corrected chi connectivity index (χ2v) is 5.70. The molecule has 1 aromatic heterocycles. The van der Waals surface area contributed by atoms with E-state index >= 15 is 0 Å². The van der Waals surface area contributed by atoms with E-state index in [4.69, 9.17) is 0 Å². The van der Waals surface area contributed by atoms with Crippen LogP contribution in [-0.4, -0.2) is 15.6 Å². The lowest BCUT2D eigenvalue weighted by Gasteiger charge is -2.22. The van der Waals surface area contributed by atoms with Crippen LogP contribution in [0.3, 0.4) is 0 Å². The van der Waals surface area contributed by atoms with Gasteiger partial charge in [0.15, 0.2) is 0 Å². The zero-order valence-corrected chi connectivity index (χ0v) is 11.3. The number of hydrogen-bond acceptors (Lipinski definition) is 1. The largest absolute Gasteiger partial charge is 0.481 e. The Morgan fingerprint density at radius 1 is 1.28 bits per heavy atom. The second kappa shape index (κ2) is 4.16. The summed E-state index contributed by atoms with van der Waals surface area (Å²) in [5, 5.41) is 10.2. The number of nitrogens with zero attached hydrogens (tertiary/aromatic N) is 1. The number of benzene rings is 1. The first kappa shape index (κ1) is 12.7. The number of aliphatic carboxylic acids is 1. The standard InChI is InChI=1S/C15H19NO2/c1-10(14(17)18)12-9-16(15(2,3)4)13-8-6-5-7-11(12)13/h5-10H,1-4H3,(H,17,18). The van der Waals surface area contributed by atoms with Crippen LogP contribution < -0.4 is 0 Å². The van der Waals surface area contributed by atoms with Crippen molar-refractivity contribution in [2.75, 3.05) is 0 Å². The van der Waals surface area contributed by atoms with Gasteiger partial charge in [-0.2, -0.15) is 0 Å². The number of carboxylic acids is 1. The third-order valence-electron chi connectivity index (χ3n) is 3.30. The second-order valence-electron chi connectivity index (χ2n) is 5.70. The molecule has 3 heteroatoms. The lowest BCUT2D eigenvalue weighted by Crippen LogP contribution is -2.20.